The molecule has 0 fully saturated rings. The zero-order chi connectivity index (χ0) is 9.90. The molecule has 2 heteroatoms. The summed E-state index contributed by atoms with van der Waals surface area (Å²) in [6, 6.07) is 9.78. The highest BCUT2D eigenvalue weighted by Crippen LogP contribution is 2.12. The predicted octanol–water partition coefficient (Wildman–Crippen LogP) is 3.47. The summed E-state index contributed by atoms with van der Waals surface area (Å²) in [5.41, 5.74) is 0.853. The molecule has 0 saturated heterocycles. The quantitative estimate of drug-likeness (QED) is 0.609. The van der Waals surface area contributed by atoms with Gasteiger partial charge in [-0.3, -0.25) is 4.99 Å². The molecule has 0 N–H and O–H groups in total. The first-order chi connectivity index (χ1) is 5.99. The van der Waals surface area contributed by atoms with Crippen molar-refractivity contribution in [2.24, 2.45) is 4.99 Å². The van der Waals surface area contributed by atoms with Gasteiger partial charge in [0.2, 0.25) is 0 Å². The van der Waals surface area contributed by atoms with Crippen LogP contribution >= 0.6 is 11.6 Å². The van der Waals surface area contributed by atoms with Gasteiger partial charge in [-0.05, 0) is 20.8 Å². The van der Waals surface area contributed by atoms with Crippen LogP contribution in [0.3, 0.4) is 0 Å². The molecule has 1 nitrogen and oxygen atoms in total. The second kappa shape index (κ2) is 3.93. The molecule has 0 radical (unpaired) electrons. The van der Waals surface area contributed by atoms with Crippen molar-refractivity contribution in [2.45, 2.75) is 26.3 Å². The van der Waals surface area contributed by atoms with Crippen LogP contribution in [0, 0.1) is 0 Å². The third-order valence-electron chi connectivity index (χ3n) is 1.45. The zero-order valence-corrected chi connectivity index (χ0v) is 8.97. The molecule has 1 rings (SSSR count). The van der Waals surface area contributed by atoms with Crippen molar-refractivity contribution >= 4 is 16.8 Å². The van der Waals surface area contributed by atoms with Crippen LogP contribution in [-0.2, 0) is 0 Å². The summed E-state index contributed by atoms with van der Waals surface area (Å²) >= 11 is 6.04. The van der Waals surface area contributed by atoms with E-state index in [4.69, 9.17) is 11.6 Å². The van der Waals surface area contributed by atoms with E-state index in [1.165, 1.54) is 0 Å². The van der Waals surface area contributed by atoms with Crippen LogP contribution < -0.4 is 0 Å². The Bertz CT molecular complexity index is 296. The second-order valence-electron chi connectivity index (χ2n) is 3.94. The lowest BCUT2D eigenvalue weighted by atomic mass is 10.1. The summed E-state index contributed by atoms with van der Waals surface area (Å²) in [6.07, 6.45) is 0. The Balaban J connectivity index is 2.92. The molecular weight excluding hydrogens is 182 g/mol. The van der Waals surface area contributed by atoms with Gasteiger partial charge >= 0.3 is 0 Å². The minimum absolute atomic E-state index is 0.118. The molecule has 1 aromatic rings. The monoisotopic (exact) mass is 195 g/mol. The molecule has 0 bridgehead atoms. The Morgan fingerprint density at radius 1 is 1.15 bits per heavy atom. The van der Waals surface area contributed by atoms with Crippen LogP contribution in [0.1, 0.15) is 26.3 Å². The lowest BCUT2D eigenvalue weighted by Crippen LogP contribution is -2.12. The fourth-order valence-corrected chi connectivity index (χ4v) is 1.31. The highest BCUT2D eigenvalue weighted by molar-refractivity contribution is 6.69. The maximum absolute atomic E-state index is 6.04. The highest BCUT2D eigenvalue weighted by Gasteiger charge is 2.09. The summed E-state index contributed by atoms with van der Waals surface area (Å²) < 4.78 is 0. The number of rotatable bonds is 1. The van der Waals surface area contributed by atoms with Crippen molar-refractivity contribution in [3.8, 4) is 0 Å². The highest BCUT2D eigenvalue weighted by atomic mass is 35.5. The molecule has 0 aliphatic heterocycles. The van der Waals surface area contributed by atoms with E-state index in [1.54, 1.807) is 0 Å². The molecule has 0 aromatic heterocycles. The molecular formula is C11H14ClN. The van der Waals surface area contributed by atoms with Gasteiger partial charge in [-0.1, -0.05) is 41.9 Å². The van der Waals surface area contributed by atoms with Crippen molar-refractivity contribution in [1.29, 1.82) is 0 Å². The van der Waals surface area contributed by atoms with Gasteiger partial charge in [-0.2, -0.15) is 0 Å². The standard InChI is InChI=1S/C11H14ClN/c1-11(2,3)13-10(12)9-7-5-4-6-8-9/h4-8H,1-3H3. The minimum atomic E-state index is -0.118. The molecule has 0 amide bonds. The molecule has 0 aliphatic rings. The predicted molar refractivity (Wildman–Crippen MR) is 58.6 cm³/mol. The number of hydrogen-bond donors (Lipinski definition) is 0. The summed E-state index contributed by atoms with van der Waals surface area (Å²) in [5, 5.41) is 0.577. The van der Waals surface area contributed by atoms with E-state index in [1.807, 2.05) is 51.1 Å². The first-order valence-corrected chi connectivity index (χ1v) is 4.67. The first kappa shape index (κ1) is 10.3. The van der Waals surface area contributed by atoms with Gasteiger partial charge in [0, 0.05) is 5.56 Å². The zero-order valence-electron chi connectivity index (χ0n) is 8.21. The van der Waals surface area contributed by atoms with Gasteiger partial charge in [-0.15, -0.1) is 0 Å². The summed E-state index contributed by atoms with van der Waals surface area (Å²) in [5.74, 6) is 0. The third kappa shape index (κ3) is 3.60. The Morgan fingerprint density at radius 3 is 2.15 bits per heavy atom. The van der Waals surface area contributed by atoms with Crippen LogP contribution in [0.25, 0.3) is 0 Å². The Kier molecular flexibility index (Phi) is 3.10. The van der Waals surface area contributed by atoms with Crippen molar-refractivity contribution in [3.63, 3.8) is 0 Å². The molecule has 70 valence electrons. The van der Waals surface area contributed by atoms with Gasteiger partial charge in [0.05, 0.1) is 5.54 Å². The van der Waals surface area contributed by atoms with Crippen LogP contribution in [0.15, 0.2) is 35.3 Å². The largest absolute Gasteiger partial charge is 0.267 e. The molecule has 1 aromatic carbocycles. The van der Waals surface area contributed by atoms with E-state index in [0.717, 1.165) is 5.56 Å². The smallest absolute Gasteiger partial charge is 0.131 e. The maximum atomic E-state index is 6.04. The maximum Gasteiger partial charge on any atom is 0.131 e. The molecule has 0 atom stereocenters. The fraction of sp³-hybridized carbons (Fsp3) is 0.364. The van der Waals surface area contributed by atoms with E-state index < -0.39 is 0 Å². The number of hydrogen-bond acceptors (Lipinski definition) is 1. The van der Waals surface area contributed by atoms with Crippen LogP contribution in [0.2, 0.25) is 0 Å². The van der Waals surface area contributed by atoms with Crippen molar-refractivity contribution < 1.29 is 0 Å². The number of benzene rings is 1. The Morgan fingerprint density at radius 2 is 1.69 bits per heavy atom. The molecule has 0 heterocycles. The van der Waals surface area contributed by atoms with Crippen molar-refractivity contribution in [2.75, 3.05) is 0 Å². The van der Waals surface area contributed by atoms with Gasteiger partial charge in [0.25, 0.3) is 0 Å². The minimum Gasteiger partial charge on any atom is -0.267 e. The number of nitrogens with zero attached hydrogens (tertiary/aromatic N) is 1. The van der Waals surface area contributed by atoms with E-state index in [-0.39, 0.29) is 5.54 Å². The number of aliphatic imine (C=N–C) groups is 1. The Hall–Kier alpha value is -0.820. The van der Waals surface area contributed by atoms with E-state index in [0.29, 0.717) is 5.17 Å². The molecule has 0 unspecified atom stereocenters. The molecule has 0 spiro atoms. The van der Waals surface area contributed by atoms with E-state index in [9.17, 15) is 0 Å². The summed E-state index contributed by atoms with van der Waals surface area (Å²) in [6.45, 7) is 6.08. The second-order valence-corrected chi connectivity index (χ2v) is 4.30. The van der Waals surface area contributed by atoms with E-state index in [2.05, 4.69) is 4.99 Å². The van der Waals surface area contributed by atoms with Gasteiger partial charge in [-0.25, -0.2) is 0 Å². The van der Waals surface area contributed by atoms with Crippen LogP contribution in [0.5, 0.6) is 0 Å². The van der Waals surface area contributed by atoms with Gasteiger partial charge in [0.1, 0.15) is 5.17 Å². The Labute approximate surface area is 84.5 Å². The SMILES string of the molecule is CC(C)(C)N=C(Cl)c1ccccc1. The topological polar surface area (TPSA) is 12.4 Å². The average Bonchev–Trinajstić information content (AvgIpc) is 2.03. The van der Waals surface area contributed by atoms with Gasteiger partial charge < -0.3 is 0 Å². The summed E-state index contributed by atoms with van der Waals surface area (Å²) in [7, 11) is 0. The average molecular weight is 196 g/mol. The van der Waals surface area contributed by atoms with Gasteiger partial charge in [0.15, 0.2) is 0 Å². The van der Waals surface area contributed by atoms with Crippen LogP contribution in [-0.4, -0.2) is 10.7 Å². The molecule has 0 saturated carbocycles. The number of halogens is 1. The molecule has 0 aliphatic carbocycles. The summed E-state index contributed by atoms with van der Waals surface area (Å²) in [4.78, 5) is 4.36. The fourth-order valence-electron chi connectivity index (χ4n) is 0.935. The van der Waals surface area contributed by atoms with E-state index >= 15 is 0 Å². The van der Waals surface area contributed by atoms with Crippen molar-refractivity contribution in [1.82, 2.24) is 0 Å². The lowest BCUT2D eigenvalue weighted by molar-refractivity contribution is 0.586. The molecule has 13 heavy (non-hydrogen) atoms. The first-order valence-electron chi connectivity index (χ1n) is 4.30. The van der Waals surface area contributed by atoms with Crippen molar-refractivity contribution in [3.05, 3.63) is 35.9 Å². The third-order valence-corrected chi connectivity index (χ3v) is 1.75. The van der Waals surface area contributed by atoms with Crippen LogP contribution in [0.4, 0.5) is 0 Å². The lowest BCUT2D eigenvalue weighted by Gasteiger charge is -2.12. The normalized spacial score (nSPS) is 13.1.